The van der Waals surface area contributed by atoms with E-state index in [1.165, 1.54) is 0 Å². The summed E-state index contributed by atoms with van der Waals surface area (Å²) in [5.41, 5.74) is 0. The van der Waals surface area contributed by atoms with Crippen LogP contribution in [-0.2, 0) is 0 Å². The summed E-state index contributed by atoms with van der Waals surface area (Å²) in [6, 6.07) is 0. The summed E-state index contributed by atoms with van der Waals surface area (Å²) in [6.45, 7) is 1.96. The third-order valence-corrected chi connectivity index (χ3v) is 1.51. The van der Waals surface area contributed by atoms with Crippen LogP contribution in [-0.4, -0.2) is 21.3 Å². The topological polar surface area (TPSA) is 40.5 Å². The molecule has 3 heteroatoms. The van der Waals surface area contributed by atoms with Crippen molar-refractivity contribution in [2.75, 3.05) is 0 Å². The maximum atomic E-state index is 8.83. The van der Waals surface area contributed by atoms with Gasteiger partial charge in [-0.3, -0.25) is 0 Å². The van der Waals surface area contributed by atoms with Gasteiger partial charge in [0.05, 0.1) is 6.10 Å². The van der Waals surface area contributed by atoms with E-state index in [2.05, 4.69) is 15.9 Å². The fourth-order valence-corrected chi connectivity index (χ4v) is 0.698. The first-order valence-electron chi connectivity index (χ1n) is 2.68. The van der Waals surface area contributed by atoms with Crippen LogP contribution in [0.2, 0.25) is 0 Å². The van der Waals surface area contributed by atoms with Crippen LogP contribution in [0.4, 0.5) is 0 Å². The summed E-state index contributed by atoms with van der Waals surface area (Å²) < 4.78 is 0. The molecule has 0 aromatic heterocycles. The van der Waals surface area contributed by atoms with Crippen molar-refractivity contribution in [2.24, 2.45) is 0 Å². The van der Waals surface area contributed by atoms with Gasteiger partial charge in [-0.25, -0.2) is 0 Å². The zero-order valence-electron chi connectivity index (χ0n) is 4.84. The molecule has 0 fully saturated rings. The molecule has 0 saturated carbocycles. The lowest BCUT2D eigenvalue weighted by molar-refractivity contribution is 0.0705. The molecule has 0 saturated heterocycles. The summed E-state index contributed by atoms with van der Waals surface area (Å²) >= 11 is 2.85. The molecule has 0 aliphatic carbocycles. The second-order valence-corrected chi connectivity index (χ2v) is 2.67. The van der Waals surface area contributed by atoms with Gasteiger partial charge in [0, 0.05) is 0 Å². The van der Waals surface area contributed by atoms with Crippen LogP contribution in [0.1, 0.15) is 19.8 Å². The lowest BCUT2D eigenvalue weighted by atomic mass is 10.2. The normalized spacial score (nSPS) is 18.0. The summed E-state index contributed by atoms with van der Waals surface area (Å²) in [7, 11) is 0. The first-order valence-corrected chi connectivity index (χ1v) is 3.60. The van der Waals surface area contributed by atoms with Crippen molar-refractivity contribution in [1.82, 2.24) is 0 Å². The Bertz CT molecular complexity index is 56.4. The number of hydrogen-bond donors (Lipinski definition) is 2. The Morgan fingerprint density at radius 2 is 2.00 bits per heavy atom. The Morgan fingerprint density at radius 3 is 2.12 bits per heavy atom. The number of aliphatic hydroxyl groups is 2. The van der Waals surface area contributed by atoms with Crippen LogP contribution in [0.3, 0.4) is 0 Å². The molecule has 0 heterocycles. The van der Waals surface area contributed by atoms with E-state index in [-0.39, 0.29) is 0 Å². The Labute approximate surface area is 57.7 Å². The molecule has 0 unspecified atom stereocenters. The van der Waals surface area contributed by atoms with Crippen LogP contribution in [0.25, 0.3) is 0 Å². The minimum absolute atomic E-state index is 0.611. The van der Waals surface area contributed by atoms with Crippen molar-refractivity contribution in [3.8, 4) is 0 Å². The first kappa shape index (κ1) is 8.40. The Hall–Kier alpha value is 0.400. The van der Waals surface area contributed by atoms with Gasteiger partial charge in [-0.05, 0) is 6.42 Å². The molecular weight excluding hydrogens is 172 g/mol. The molecule has 0 rings (SSSR count). The molecule has 8 heavy (non-hydrogen) atoms. The number of rotatable bonds is 3. The zero-order chi connectivity index (χ0) is 6.57. The molecule has 0 aliphatic heterocycles. The van der Waals surface area contributed by atoms with Crippen LogP contribution in [0, 0.1) is 0 Å². The number of hydrogen-bond acceptors (Lipinski definition) is 2. The number of halogens is 1. The molecule has 0 amide bonds. The van der Waals surface area contributed by atoms with Crippen molar-refractivity contribution >= 4 is 15.9 Å². The molecule has 0 bridgehead atoms. The molecule has 0 radical (unpaired) electrons. The largest absolute Gasteiger partial charge is 0.390 e. The average molecular weight is 183 g/mol. The third-order valence-electron chi connectivity index (χ3n) is 0.902. The lowest BCUT2D eigenvalue weighted by Gasteiger charge is -2.08. The smallest absolute Gasteiger partial charge is 0.134 e. The molecule has 50 valence electrons. The molecule has 2 nitrogen and oxygen atoms in total. The molecule has 2 N–H and O–H groups in total. The molecule has 0 spiro atoms. The van der Waals surface area contributed by atoms with Crippen molar-refractivity contribution in [3.05, 3.63) is 0 Å². The van der Waals surface area contributed by atoms with Gasteiger partial charge in [0.2, 0.25) is 0 Å². The molecule has 0 aromatic rings. The minimum Gasteiger partial charge on any atom is -0.390 e. The monoisotopic (exact) mass is 182 g/mol. The van der Waals surface area contributed by atoms with E-state index >= 15 is 0 Å². The van der Waals surface area contributed by atoms with Crippen molar-refractivity contribution in [3.63, 3.8) is 0 Å². The van der Waals surface area contributed by atoms with Gasteiger partial charge in [0.25, 0.3) is 0 Å². The van der Waals surface area contributed by atoms with E-state index in [1.54, 1.807) is 0 Å². The molecule has 0 aliphatic rings. The van der Waals surface area contributed by atoms with E-state index < -0.39 is 11.1 Å². The minimum atomic E-state index is -0.762. The van der Waals surface area contributed by atoms with Gasteiger partial charge in [0.15, 0.2) is 0 Å². The quantitative estimate of drug-likeness (QED) is 0.637. The van der Waals surface area contributed by atoms with Gasteiger partial charge < -0.3 is 10.2 Å². The first-order chi connectivity index (χ1) is 3.68. The number of alkyl halides is 1. The second-order valence-electron chi connectivity index (χ2n) is 1.73. The highest BCUT2D eigenvalue weighted by Crippen LogP contribution is 2.06. The van der Waals surface area contributed by atoms with Crippen LogP contribution in [0.15, 0.2) is 0 Å². The Morgan fingerprint density at radius 1 is 1.50 bits per heavy atom. The van der Waals surface area contributed by atoms with Crippen LogP contribution in [0.5, 0.6) is 0 Å². The predicted octanol–water partition coefficient (Wildman–Crippen LogP) is 0.861. The maximum absolute atomic E-state index is 8.83. The fourth-order valence-electron chi connectivity index (χ4n) is 0.433. The lowest BCUT2D eigenvalue weighted by Crippen LogP contribution is -2.18. The van der Waals surface area contributed by atoms with Crippen LogP contribution >= 0.6 is 15.9 Å². The third kappa shape index (κ3) is 3.41. The van der Waals surface area contributed by atoms with E-state index in [1.807, 2.05) is 6.92 Å². The molecular formula is C5H11BrO2. The highest BCUT2D eigenvalue weighted by atomic mass is 79.9. The van der Waals surface area contributed by atoms with Crippen molar-refractivity contribution < 1.29 is 10.2 Å². The van der Waals surface area contributed by atoms with E-state index in [0.29, 0.717) is 6.42 Å². The standard InChI is InChI=1S/C5H11BrO2/c1-2-3-4(7)5(6)8/h4-5,7-8H,2-3H2,1H3/t4-,5-/m0/s1. The van der Waals surface area contributed by atoms with Gasteiger partial charge in [-0.15, -0.1) is 0 Å². The summed E-state index contributed by atoms with van der Waals surface area (Å²) in [6.07, 6.45) is 0.927. The van der Waals surface area contributed by atoms with E-state index in [4.69, 9.17) is 10.2 Å². The van der Waals surface area contributed by atoms with Gasteiger partial charge in [-0.2, -0.15) is 0 Å². The highest BCUT2D eigenvalue weighted by molar-refractivity contribution is 9.09. The highest BCUT2D eigenvalue weighted by Gasteiger charge is 2.09. The van der Waals surface area contributed by atoms with E-state index in [0.717, 1.165) is 6.42 Å². The summed E-state index contributed by atoms with van der Waals surface area (Å²) in [5.74, 6) is 0. The summed E-state index contributed by atoms with van der Waals surface area (Å²) in [5, 5.41) is 16.7. The Kier molecular flexibility index (Phi) is 4.51. The van der Waals surface area contributed by atoms with Crippen LogP contribution < -0.4 is 0 Å². The van der Waals surface area contributed by atoms with Crippen molar-refractivity contribution in [1.29, 1.82) is 0 Å². The molecule has 0 aromatic carbocycles. The van der Waals surface area contributed by atoms with Gasteiger partial charge in [0.1, 0.15) is 5.01 Å². The van der Waals surface area contributed by atoms with E-state index in [9.17, 15) is 0 Å². The Balaban J connectivity index is 3.17. The zero-order valence-corrected chi connectivity index (χ0v) is 6.43. The van der Waals surface area contributed by atoms with Crippen molar-refractivity contribution in [2.45, 2.75) is 30.9 Å². The maximum Gasteiger partial charge on any atom is 0.134 e. The predicted molar refractivity (Wildman–Crippen MR) is 35.8 cm³/mol. The summed E-state index contributed by atoms with van der Waals surface area (Å²) in [4.78, 5) is 0. The van der Waals surface area contributed by atoms with Gasteiger partial charge in [-0.1, -0.05) is 29.3 Å². The second kappa shape index (κ2) is 4.30. The molecule has 2 atom stereocenters. The van der Waals surface area contributed by atoms with Gasteiger partial charge >= 0.3 is 0 Å². The SMILES string of the molecule is CCC[C@H](O)[C@H](O)Br. The average Bonchev–Trinajstić information content (AvgIpc) is 1.67. The number of aliphatic hydroxyl groups excluding tert-OH is 2. The fraction of sp³-hybridized carbons (Fsp3) is 1.00.